The van der Waals surface area contributed by atoms with Crippen molar-refractivity contribution < 1.29 is 23.7 Å². The normalized spacial score (nSPS) is 25.6. The van der Waals surface area contributed by atoms with Crippen molar-refractivity contribution >= 4 is 5.97 Å². The molecule has 1 aliphatic heterocycles. The fourth-order valence-corrected chi connectivity index (χ4v) is 2.87. The van der Waals surface area contributed by atoms with Gasteiger partial charge in [0.2, 0.25) is 5.79 Å². The molecular formula is C24H34O5. The molecule has 0 saturated carbocycles. The molecule has 3 atom stereocenters. The monoisotopic (exact) mass is 402 g/mol. The van der Waals surface area contributed by atoms with Gasteiger partial charge in [-0.15, -0.1) is 0 Å². The van der Waals surface area contributed by atoms with Gasteiger partial charge in [-0.3, -0.25) is 0 Å². The Bertz CT molecular complexity index is 696. The van der Waals surface area contributed by atoms with Crippen LogP contribution in [-0.2, 0) is 23.7 Å². The van der Waals surface area contributed by atoms with E-state index < -0.39 is 23.6 Å². The molecule has 0 amide bonds. The zero-order valence-corrected chi connectivity index (χ0v) is 18.5. The van der Waals surface area contributed by atoms with Crippen LogP contribution in [0.4, 0.5) is 0 Å². The molecule has 29 heavy (non-hydrogen) atoms. The van der Waals surface area contributed by atoms with Crippen molar-refractivity contribution in [3.05, 3.63) is 0 Å². The molecule has 160 valence electrons. The Morgan fingerprint density at radius 3 is 2.00 bits per heavy atom. The molecule has 0 aromatic heterocycles. The van der Waals surface area contributed by atoms with Crippen LogP contribution in [0.15, 0.2) is 0 Å². The van der Waals surface area contributed by atoms with Crippen LogP contribution in [0.3, 0.4) is 0 Å². The number of cyclic esters (lactones) is 1. The second-order valence-corrected chi connectivity index (χ2v) is 7.24. The molecule has 1 fully saturated rings. The molecule has 3 unspecified atom stereocenters. The largest absolute Gasteiger partial charge is 0.425 e. The van der Waals surface area contributed by atoms with Crippen LogP contribution in [0.1, 0.15) is 78.6 Å². The number of hydrogen-bond donors (Lipinski definition) is 0. The van der Waals surface area contributed by atoms with Crippen molar-refractivity contribution in [2.24, 2.45) is 0 Å². The van der Waals surface area contributed by atoms with Crippen LogP contribution in [-0.4, -0.2) is 37.9 Å². The molecule has 0 spiro atoms. The molecule has 0 aromatic carbocycles. The highest BCUT2D eigenvalue weighted by molar-refractivity contribution is 5.75. The van der Waals surface area contributed by atoms with E-state index in [2.05, 4.69) is 42.4 Å². The Kier molecular flexibility index (Phi) is 11.5. The summed E-state index contributed by atoms with van der Waals surface area (Å²) >= 11 is 0. The number of rotatable bonds is 10. The number of carbonyl (C=O) groups excluding carboxylic acids is 1. The summed E-state index contributed by atoms with van der Waals surface area (Å²) in [4.78, 5) is 12.2. The van der Waals surface area contributed by atoms with E-state index in [0.717, 1.165) is 38.5 Å². The van der Waals surface area contributed by atoms with Gasteiger partial charge in [0, 0.05) is 34.0 Å². The SMILES string of the molecule is CCCCCC#CC#CC#CCCCCCC1OC(C)(OC)C(C)(OC)OC1=O. The van der Waals surface area contributed by atoms with E-state index in [-0.39, 0.29) is 0 Å². The highest BCUT2D eigenvalue weighted by atomic mass is 16.8. The zero-order chi connectivity index (χ0) is 21.6. The van der Waals surface area contributed by atoms with E-state index in [1.165, 1.54) is 27.1 Å². The Morgan fingerprint density at radius 2 is 1.45 bits per heavy atom. The summed E-state index contributed by atoms with van der Waals surface area (Å²) < 4.78 is 22.1. The van der Waals surface area contributed by atoms with Crippen LogP contribution in [0, 0.1) is 35.5 Å². The smallest absolute Gasteiger partial charge is 0.338 e. The third-order valence-corrected chi connectivity index (χ3v) is 5.07. The van der Waals surface area contributed by atoms with Crippen LogP contribution >= 0.6 is 0 Å². The summed E-state index contributed by atoms with van der Waals surface area (Å²) in [6.45, 7) is 5.51. The minimum atomic E-state index is -1.27. The van der Waals surface area contributed by atoms with Gasteiger partial charge in [-0.2, -0.15) is 0 Å². The number of methoxy groups -OCH3 is 2. The Hall–Kier alpha value is -1.97. The van der Waals surface area contributed by atoms with E-state index in [1.54, 1.807) is 13.8 Å². The highest BCUT2D eigenvalue weighted by Gasteiger charge is 2.57. The third kappa shape index (κ3) is 8.12. The molecule has 5 heteroatoms. The second kappa shape index (κ2) is 13.3. The lowest BCUT2D eigenvalue weighted by atomic mass is 10.0. The van der Waals surface area contributed by atoms with E-state index in [9.17, 15) is 4.79 Å². The minimum absolute atomic E-state index is 0.422. The standard InChI is InChI=1S/C24H34O5/c1-6-7-8-9-10-11-12-13-14-15-16-17-18-19-20-21-22(25)29-24(3,27-5)23(2,26-4)28-21/h21H,6-9,16-20H2,1-5H3. The molecule has 1 aliphatic rings. The van der Waals surface area contributed by atoms with Gasteiger partial charge in [0.25, 0.3) is 5.79 Å². The fraction of sp³-hybridized carbons (Fsp3) is 0.708. The number of esters is 1. The highest BCUT2D eigenvalue weighted by Crippen LogP contribution is 2.38. The van der Waals surface area contributed by atoms with Crippen molar-refractivity contribution in [1.29, 1.82) is 0 Å². The number of unbranched alkanes of at least 4 members (excludes halogenated alkanes) is 6. The van der Waals surface area contributed by atoms with Gasteiger partial charge in [-0.25, -0.2) is 4.79 Å². The van der Waals surface area contributed by atoms with Crippen molar-refractivity contribution in [2.75, 3.05) is 14.2 Å². The van der Waals surface area contributed by atoms with Gasteiger partial charge in [0.1, 0.15) is 0 Å². The van der Waals surface area contributed by atoms with Crippen molar-refractivity contribution in [2.45, 2.75) is 96.2 Å². The lowest BCUT2D eigenvalue weighted by molar-refractivity contribution is -0.406. The van der Waals surface area contributed by atoms with Crippen LogP contribution in [0.5, 0.6) is 0 Å². The Morgan fingerprint density at radius 1 is 0.862 bits per heavy atom. The topological polar surface area (TPSA) is 54.0 Å². The van der Waals surface area contributed by atoms with Gasteiger partial charge in [-0.1, -0.05) is 44.4 Å². The summed E-state index contributed by atoms with van der Waals surface area (Å²) in [6.07, 6.45) is 7.86. The van der Waals surface area contributed by atoms with Crippen LogP contribution in [0.25, 0.3) is 0 Å². The first kappa shape index (κ1) is 25.1. The van der Waals surface area contributed by atoms with Crippen LogP contribution < -0.4 is 0 Å². The van der Waals surface area contributed by atoms with Gasteiger partial charge in [0.05, 0.1) is 0 Å². The van der Waals surface area contributed by atoms with Gasteiger partial charge >= 0.3 is 5.97 Å². The third-order valence-electron chi connectivity index (χ3n) is 5.07. The van der Waals surface area contributed by atoms with Gasteiger partial charge < -0.3 is 18.9 Å². The Balaban J connectivity index is 2.27. The summed E-state index contributed by atoms with van der Waals surface area (Å²) in [6, 6.07) is 0. The van der Waals surface area contributed by atoms with Crippen molar-refractivity contribution in [3.63, 3.8) is 0 Å². The molecule has 1 rings (SSSR count). The molecule has 0 bridgehead atoms. The van der Waals surface area contributed by atoms with Gasteiger partial charge in [0.15, 0.2) is 6.10 Å². The first-order valence-corrected chi connectivity index (χ1v) is 10.4. The average molecular weight is 403 g/mol. The summed E-state index contributed by atoms with van der Waals surface area (Å²) in [5.41, 5.74) is 0. The maximum absolute atomic E-state index is 12.2. The fourth-order valence-electron chi connectivity index (χ4n) is 2.87. The summed E-state index contributed by atoms with van der Waals surface area (Å²) in [7, 11) is 2.97. The molecule has 0 aliphatic carbocycles. The predicted octanol–water partition coefficient (Wildman–Crippen LogP) is 4.19. The summed E-state index contributed by atoms with van der Waals surface area (Å²) in [5.74, 6) is 14.4. The predicted molar refractivity (Wildman–Crippen MR) is 112 cm³/mol. The first-order chi connectivity index (χ1) is 13.9. The lowest BCUT2D eigenvalue weighted by Gasteiger charge is -2.47. The van der Waals surface area contributed by atoms with Crippen molar-refractivity contribution in [1.82, 2.24) is 0 Å². The van der Waals surface area contributed by atoms with Crippen LogP contribution in [0.2, 0.25) is 0 Å². The average Bonchev–Trinajstić information content (AvgIpc) is 2.71. The first-order valence-electron chi connectivity index (χ1n) is 10.4. The molecule has 0 N–H and O–H groups in total. The maximum Gasteiger partial charge on any atom is 0.338 e. The lowest BCUT2D eigenvalue weighted by Crippen LogP contribution is -2.64. The second-order valence-electron chi connectivity index (χ2n) is 7.24. The number of hydrogen-bond acceptors (Lipinski definition) is 5. The molecule has 1 saturated heterocycles. The Labute approximate surface area is 176 Å². The van der Waals surface area contributed by atoms with E-state index in [4.69, 9.17) is 18.9 Å². The van der Waals surface area contributed by atoms with Crippen molar-refractivity contribution in [3.8, 4) is 35.5 Å². The molecular weight excluding hydrogens is 368 g/mol. The number of ether oxygens (including phenoxy) is 4. The number of carbonyl (C=O) groups is 1. The quantitative estimate of drug-likeness (QED) is 0.311. The molecule has 1 heterocycles. The zero-order valence-electron chi connectivity index (χ0n) is 18.5. The molecule has 5 nitrogen and oxygen atoms in total. The van der Waals surface area contributed by atoms with E-state index in [1.807, 2.05) is 0 Å². The van der Waals surface area contributed by atoms with E-state index >= 15 is 0 Å². The van der Waals surface area contributed by atoms with E-state index in [0.29, 0.717) is 6.42 Å². The molecule has 0 radical (unpaired) electrons. The maximum atomic E-state index is 12.2. The summed E-state index contributed by atoms with van der Waals surface area (Å²) in [5, 5.41) is 0. The minimum Gasteiger partial charge on any atom is -0.425 e. The van der Waals surface area contributed by atoms with Gasteiger partial charge in [-0.05, 0) is 49.9 Å². The molecule has 0 aromatic rings.